The molecule has 1 fully saturated rings. The van der Waals surface area contributed by atoms with E-state index in [-0.39, 0.29) is 23.8 Å². The van der Waals surface area contributed by atoms with Crippen LogP contribution in [-0.2, 0) is 11.3 Å². The second kappa shape index (κ2) is 5.42. The molecule has 0 saturated carbocycles. The molecule has 17 heavy (non-hydrogen) atoms. The van der Waals surface area contributed by atoms with Gasteiger partial charge in [-0.15, -0.1) is 0 Å². The van der Waals surface area contributed by atoms with Crippen molar-refractivity contribution >= 4 is 0 Å². The van der Waals surface area contributed by atoms with Crippen LogP contribution in [0.15, 0.2) is 12.1 Å². The van der Waals surface area contributed by atoms with Crippen molar-refractivity contribution in [2.75, 3.05) is 19.8 Å². The van der Waals surface area contributed by atoms with Gasteiger partial charge in [0.2, 0.25) is 0 Å². The van der Waals surface area contributed by atoms with Gasteiger partial charge in [-0.25, -0.2) is 8.78 Å². The highest BCUT2D eigenvalue weighted by Crippen LogP contribution is 2.25. The minimum absolute atomic E-state index is 0.186. The average Bonchev–Trinajstić information content (AvgIpc) is 2.80. The summed E-state index contributed by atoms with van der Waals surface area (Å²) in [4.78, 5) is 0. The molecule has 1 saturated heterocycles. The molecular weight excluding hydrogens is 230 g/mol. The number of benzene rings is 1. The van der Waals surface area contributed by atoms with Gasteiger partial charge in [0.25, 0.3) is 0 Å². The maximum Gasteiger partial charge on any atom is 0.190 e. The fraction of sp³-hybridized carbons (Fsp3) is 0.500. The largest absolute Gasteiger partial charge is 0.487 e. The van der Waals surface area contributed by atoms with E-state index in [2.05, 4.69) is 0 Å². The Hall–Kier alpha value is -1.20. The molecule has 1 atom stereocenters. The standard InChI is InChI=1S/C12H14F2O3/c13-10-3-9(5-15)4-11(14)12(10)17-7-8-1-2-16-6-8/h3-4,8,15H,1-2,5-7H2. The maximum atomic E-state index is 13.5. The van der Waals surface area contributed by atoms with Gasteiger partial charge in [0.1, 0.15) is 0 Å². The molecule has 1 unspecified atom stereocenters. The van der Waals surface area contributed by atoms with Gasteiger partial charge in [-0.05, 0) is 24.1 Å². The second-order valence-corrected chi connectivity index (χ2v) is 4.09. The van der Waals surface area contributed by atoms with Crippen molar-refractivity contribution < 1.29 is 23.4 Å². The van der Waals surface area contributed by atoms with Crippen molar-refractivity contribution in [2.45, 2.75) is 13.0 Å². The topological polar surface area (TPSA) is 38.7 Å². The maximum absolute atomic E-state index is 13.5. The van der Waals surface area contributed by atoms with Crippen LogP contribution in [-0.4, -0.2) is 24.9 Å². The van der Waals surface area contributed by atoms with E-state index >= 15 is 0 Å². The zero-order valence-electron chi connectivity index (χ0n) is 9.29. The first-order valence-electron chi connectivity index (χ1n) is 5.50. The highest BCUT2D eigenvalue weighted by molar-refractivity contribution is 5.31. The highest BCUT2D eigenvalue weighted by Gasteiger charge is 2.19. The van der Waals surface area contributed by atoms with Gasteiger partial charge >= 0.3 is 0 Å². The molecule has 2 rings (SSSR count). The number of aliphatic hydroxyl groups is 1. The fourth-order valence-corrected chi connectivity index (χ4v) is 1.76. The zero-order valence-corrected chi connectivity index (χ0v) is 9.29. The lowest BCUT2D eigenvalue weighted by atomic mass is 10.1. The summed E-state index contributed by atoms with van der Waals surface area (Å²) in [6.45, 7) is 1.08. The van der Waals surface area contributed by atoms with Crippen molar-refractivity contribution in [2.24, 2.45) is 5.92 Å². The molecule has 1 aliphatic rings. The summed E-state index contributed by atoms with van der Waals surface area (Å²) in [7, 11) is 0. The molecular formula is C12H14F2O3. The van der Waals surface area contributed by atoms with Crippen LogP contribution in [0.3, 0.4) is 0 Å². The van der Waals surface area contributed by atoms with Crippen LogP contribution in [0.25, 0.3) is 0 Å². The summed E-state index contributed by atoms with van der Waals surface area (Å²) in [5.74, 6) is -1.76. The number of hydrogen-bond acceptors (Lipinski definition) is 3. The third-order valence-corrected chi connectivity index (χ3v) is 2.73. The number of aliphatic hydroxyl groups excluding tert-OH is 1. The van der Waals surface area contributed by atoms with Gasteiger partial charge in [-0.1, -0.05) is 0 Å². The van der Waals surface area contributed by atoms with Gasteiger partial charge < -0.3 is 14.6 Å². The summed E-state index contributed by atoms with van der Waals surface area (Å²) in [5.41, 5.74) is 0.191. The summed E-state index contributed by atoms with van der Waals surface area (Å²) < 4.78 is 37.2. The molecule has 0 bridgehead atoms. The van der Waals surface area contributed by atoms with Crippen molar-refractivity contribution in [3.05, 3.63) is 29.3 Å². The molecule has 0 spiro atoms. The monoisotopic (exact) mass is 244 g/mol. The molecule has 1 aromatic carbocycles. The van der Waals surface area contributed by atoms with Crippen molar-refractivity contribution in [1.82, 2.24) is 0 Å². The first-order chi connectivity index (χ1) is 8.20. The first-order valence-corrected chi connectivity index (χ1v) is 5.50. The van der Waals surface area contributed by atoms with Gasteiger partial charge in [-0.3, -0.25) is 0 Å². The first kappa shape index (κ1) is 12.3. The lowest BCUT2D eigenvalue weighted by Crippen LogP contribution is -2.13. The summed E-state index contributed by atoms with van der Waals surface area (Å²) in [6.07, 6.45) is 0.845. The highest BCUT2D eigenvalue weighted by atomic mass is 19.1. The Morgan fingerprint density at radius 2 is 2.06 bits per heavy atom. The van der Waals surface area contributed by atoms with E-state index in [1.165, 1.54) is 0 Å². The third-order valence-electron chi connectivity index (χ3n) is 2.73. The Labute approximate surface area is 98.0 Å². The van der Waals surface area contributed by atoms with Crippen molar-refractivity contribution in [3.63, 3.8) is 0 Å². The number of halogens is 2. The van der Waals surface area contributed by atoms with E-state index in [1.807, 2.05) is 0 Å². The second-order valence-electron chi connectivity index (χ2n) is 4.09. The Morgan fingerprint density at radius 1 is 1.35 bits per heavy atom. The Bertz CT molecular complexity index is 366. The summed E-state index contributed by atoms with van der Waals surface area (Å²) >= 11 is 0. The lowest BCUT2D eigenvalue weighted by molar-refractivity contribution is 0.163. The van der Waals surface area contributed by atoms with Crippen LogP contribution in [0.2, 0.25) is 0 Å². The van der Waals surface area contributed by atoms with E-state index in [4.69, 9.17) is 14.6 Å². The molecule has 1 N–H and O–H groups in total. The molecule has 0 aliphatic carbocycles. The van der Waals surface area contributed by atoms with Crippen LogP contribution in [0.4, 0.5) is 8.78 Å². The summed E-state index contributed by atoms with van der Waals surface area (Å²) in [5, 5.41) is 8.79. The molecule has 5 heteroatoms. The smallest absolute Gasteiger partial charge is 0.190 e. The van der Waals surface area contributed by atoms with Gasteiger partial charge in [-0.2, -0.15) is 0 Å². The molecule has 0 radical (unpaired) electrons. The van der Waals surface area contributed by atoms with Gasteiger partial charge in [0, 0.05) is 12.5 Å². The lowest BCUT2D eigenvalue weighted by Gasteiger charge is -2.12. The quantitative estimate of drug-likeness (QED) is 0.878. The number of ether oxygens (including phenoxy) is 2. The van der Waals surface area contributed by atoms with Crippen LogP contribution < -0.4 is 4.74 Å². The molecule has 94 valence electrons. The van der Waals surface area contributed by atoms with Crippen molar-refractivity contribution in [3.8, 4) is 5.75 Å². The van der Waals surface area contributed by atoms with E-state index in [0.29, 0.717) is 13.2 Å². The molecule has 0 amide bonds. The van der Waals surface area contributed by atoms with Crippen LogP contribution in [0.1, 0.15) is 12.0 Å². The normalized spacial score (nSPS) is 19.6. The van der Waals surface area contributed by atoms with Crippen LogP contribution >= 0.6 is 0 Å². The Morgan fingerprint density at radius 3 is 2.59 bits per heavy atom. The molecule has 1 aromatic rings. The zero-order chi connectivity index (χ0) is 12.3. The van der Waals surface area contributed by atoms with E-state index in [0.717, 1.165) is 18.6 Å². The molecule has 1 heterocycles. The molecule has 1 aliphatic heterocycles. The minimum Gasteiger partial charge on any atom is -0.487 e. The number of hydrogen-bond donors (Lipinski definition) is 1. The van der Waals surface area contributed by atoms with E-state index in [9.17, 15) is 8.78 Å². The van der Waals surface area contributed by atoms with E-state index < -0.39 is 18.2 Å². The van der Waals surface area contributed by atoms with Crippen LogP contribution in [0, 0.1) is 17.6 Å². The SMILES string of the molecule is OCc1cc(F)c(OCC2CCOC2)c(F)c1. The fourth-order valence-electron chi connectivity index (χ4n) is 1.76. The molecule has 3 nitrogen and oxygen atoms in total. The molecule has 0 aromatic heterocycles. The minimum atomic E-state index is -0.784. The predicted molar refractivity (Wildman–Crippen MR) is 56.7 cm³/mol. The summed E-state index contributed by atoms with van der Waals surface area (Å²) in [6, 6.07) is 2.15. The van der Waals surface area contributed by atoms with E-state index in [1.54, 1.807) is 0 Å². The van der Waals surface area contributed by atoms with Crippen molar-refractivity contribution in [1.29, 1.82) is 0 Å². The van der Waals surface area contributed by atoms with Crippen LogP contribution in [0.5, 0.6) is 5.75 Å². The van der Waals surface area contributed by atoms with Gasteiger partial charge in [0.15, 0.2) is 17.4 Å². The Kier molecular flexibility index (Phi) is 3.91. The Balaban J connectivity index is 2.04. The van der Waals surface area contributed by atoms with Gasteiger partial charge in [0.05, 0.1) is 19.8 Å². The predicted octanol–water partition coefficient (Wildman–Crippen LogP) is 1.87. The average molecular weight is 244 g/mol. The third kappa shape index (κ3) is 2.92. The number of rotatable bonds is 4.